The summed E-state index contributed by atoms with van der Waals surface area (Å²) < 4.78 is 5.16. The molecule has 0 aromatic heterocycles. The van der Waals surface area contributed by atoms with E-state index in [4.69, 9.17) is 4.74 Å². The monoisotopic (exact) mass is 452 g/mol. The van der Waals surface area contributed by atoms with Crippen LogP contribution in [0.25, 0.3) is 0 Å². The van der Waals surface area contributed by atoms with E-state index >= 15 is 0 Å². The van der Waals surface area contributed by atoms with Gasteiger partial charge in [0.25, 0.3) is 0 Å². The van der Waals surface area contributed by atoms with Gasteiger partial charge in [0.2, 0.25) is 11.8 Å². The fourth-order valence-electron chi connectivity index (χ4n) is 3.52. The minimum Gasteiger partial charge on any atom is -0.459 e. The number of carbonyl (C=O) groups excluding carboxylic acids is 3. The number of nitrogens with zero attached hydrogens (tertiary/aromatic N) is 2. The Labute approximate surface area is 194 Å². The molecule has 0 atom stereocenters. The van der Waals surface area contributed by atoms with Crippen molar-refractivity contribution in [2.75, 3.05) is 49.9 Å². The second-order valence-electron chi connectivity index (χ2n) is 8.55. The number of amides is 2. The molecule has 1 fully saturated rings. The lowest BCUT2D eigenvalue weighted by Crippen LogP contribution is -2.50. The Morgan fingerprint density at radius 1 is 0.788 bits per heavy atom. The van der Waals surface area contributed by atoms with Crippen molar-refractivity contribution in [1.82, 2.24) is 9.80 Å². The van der Waals surface area contributed by atoms with Crippen LogP contribution in [0.2, 0.25) is 0 Å². The van der Waals surface area contributed by atoms with Crippen molar-refractivity contribution in [2.24, 2.45) is 0 Å². The van der Waals surface area contributed by atoms with Gasteiger partial charge in [-0.3, -0.25) is 19.4 Å². The van der Waals surface area contributed by atoms with Crippen LogP contribution in [-0.4, -0.2) is 73.0 Å². The molecule has 0 radical (unpaired) electrons. The van der Waals surface area contributed by atoms with Crippen molar-refractivity contribution < 1.29 is 19.1 Å². The van der Waals surface area contributed by atoms with Crippen LogP contribution in [0.15, 0.2) is 48.5 Å². The van der Waals surface area contributed by atoms with Gasteiger partial charge in [0.15, 0.2) is 0 Å². The number of ether oxygens (including phenoxy) is 1. The van der Waals surface area contributed by atoms with E-state index in [0.29, 0.717) is 30.9 Å². The first kappa shape index (κ1) is 24.4. The van der Waals surface area contributed by atoms with Crippen LogP contribution in [0.4, 0.5) is 11.4 Å². The van der Waals surface area contributed by atoms with Gasteiger partial charge in [0, 0.05) is 37.6 Å². The molecule has 0 unspecified atom stereocenters. The van der Waals surface area contributed by atoms with Gasteiger partial charge in [-0.1, -0.05) is 17.7 Å². The second kappa shape index (κ2) is 11.6. The van der Waals surface area contributed by atoms with E-state index in [2.05, 4.69) is 20.4 Å². The largest absolute Gasteiger partial charge is 0.459 e. The first-order valence-corrected chi connectivity index (χ1v) is 11.2. The Kier molecular flexibility index (Phi) is 8.57. The molecule has 1 aliphatic rings. The first-order valence-electron chi connectivity index (χ1n) is 11.2. The highest BCUT2D eigenvalue weighted by Gasteiger charge is 2.21. The SMILES string of the molecule is Cc1ccc(NC(=O)CN2CCN(CC(=O)Nc3ccc(C(=O)OC(C)C)cc3)CC2)cc1. The molecule has 1 heterocycles. The van der Waals surface area contributed by atoms with Crippen LogP contribution in [0, 0.1) is 6.92 Å². The lowest BCUT2D eigenvalue weighted by Gasteiger charge is -2.33. The van der Waals surface area contributed by atoms with E-state index in [9.17, 15) is 14.4 Å². The zero-order valence-corrected chi connectivity index (χ0v) is 19.5. The average Bonchev–Trinajstić information content (AvgIpc) is 2.76. The van der Waals surface area contributed by atoms with Crippen molar-refractivity contribution in [2.45, 2.75) is 26.9 Å². The van der Waals surface area contributed by atoms with Gasteiger partial charge in [-0.2, -0.15) is 0 Å². The highest BCUT2D eigenvalue weighted by molar-refractivity contribution is 5.94. The van der Waals surface area contributed by atoms with Gasteiger partial charge in [-0.05, 0) is 57.2 Å². The van der Waals surface area contributed by atoms with Crippen molar-refractivity contribution in [3.63, 3.8) is 0 Å². The van der Waals surface area contributed by atoms with Crippen LogP contribution < -0.4 is 10.6 Å². The predicted octanol–water partition coefficient (Wildman–Crippen LogP) is 2.76. The highest BCUT2D eigenvalue weighted by Crippen LogP contribution is 2.12. The molecule has 1 aliphatic heterocycles. The molecule has 3 rings (SSSR count). The Morgan fingerprint density at radius 3 is 1.64 bits per heavy atom. The molecule has 0 bridgehead atoms. The zero-order chi connectivity index (χ0) is 23.8. The third kappa shape index (κ3) is 8.00. The lowest BCUT2D eigenvalue weighted by molar-refractivity contribution is -0.120. The number of carbonyl (C=O) groups is 3. The molecule has 176 valence electrons. The predicted molar refractivity (Wildman–Crippen MR) is 128 cm³/mol. The van der Waals surface area contributed by atoms with Crippen molar-refractivity contribution >= 4 is 29.2 Å². The number of piperazine rings is 1. The summed E-state index contributed by atoms with van der Waals surface area (Å²) in [6, 6.07) is 14.4. The molecular weight excluding hydrogens is 420 g/mol. The summed E-state index contributed by atoms with van der Waals surface area (Å²) in [6.45, 7) is 9.09. The molecule has 8 nitrogen and oxygen atoms in total. The number of aryl methyl sites for hydroxylation is 1. The normalized spacial score (nSPS) is 14.7. The molecule has 8 heteroatoms. The Balaban J connectivity index is 1.38. The van der Waals surface area contributed by atoms with Crippen molar-refractivity contribution in [3.8, 4) is 0 Å². The average molecular weight is 453 g/mol. The first-order chi connectivity index (χ1) is 15.8. The van der Waals surface area contributed by atoms with E-state index in [-0.39, 0.29) is 30.4 Å². The van der Waals surface area contributed by atoms with Gasteiger partial charge >= 0.3 is 5.97 Å². The van der Waals surface area contributed by atoms with Gasteiger partial charge in [-0.25, -0.2) is 4.79 Å². The molecule has 2 amide bonds. The maximum absolute atomic E-state index is 12.4. The number of nitrogens with one attached hydrogen (secondary N) is 2. The summed E-state index contributed by atoms with van der Waals surface area (Å²) in [7, 11) is 0. The van der Waals surface area contributed by atoms with Crippen molar-refractivity contribution in [1.29, 1.82) is 0 Å². The molecule has 0 aliphatic carbocycles. The van der Waals surface area contributed by atoms with Crippen LogP contribution in [0.3, 0.4) is 0 Å². The number of benzene rings is 2. The number of esters is 1. The van der Waals surface area contributed by atoms with E-state index in [1.165, 1.54) is 0 Å². The van der Waals surface area contributed by atoms with E-state index in [1.807, 2.05) is 31.2 Å². The fourth-order valence-corrected chi connectivity index (χ4v) is 3.52. The maximum Gasteiger partial charge on any atom is 0.338 e. The molecule has 0 saturated carbocycles. The molecular formula is C25H32N4O4. The van der Waals surface area contributed by atoms with Gasteiger partial charge in [-0.15, -0.1) is 0 Å². The van der Waals surface area contributed by atoms with Gasteiger partial charge in [0.1, 0.15) is 0 Å². The Morgan fingerprint density at radius 2 is 1.21 bits per heavy atom. The summed E-state index contributed by atoms with van der Waals surface area (Å²) in [6.07, 6.45) is -0.181. The summed E-state index contributed by atoms with van der Waals surface area (Å²) >= 11 is 0. The topological polar surface area (TPSA) is 91.0 Å². The molecule has 2 aromatic rings. The summed E-state index contributed by atoms with van der Waals surface area (Å²) in [5.74, 6) is -0.530. The zero-order valence-electron chi connectivity index (χ0n) is 19.5. The van der Waals surface area contributed by atoms with E-state index < -0.39 is 0 Å². The number of hydrogen-bond acceptors (Lipinski definition) is 6. The number of anilines is 2. The summed E-state index contributed by atoms with van der Waals surface area (Å²) in [4.78, 5) is 40.8. The van der Waals surface area contributed by atoms with E-state index in [1.54, 1.807) is 38.1 Å². The highest BCUT2D eigenvalue weighted by atomic mass is 16.5. The molecule has 1 saturated heterocycles. The maximum atomic E-state index is 12.4. The van der Waals surface area contributed by atoms with Crippen molar-refractivity contribution in [3.05, 3.63) is 59.7 Å². The quantitative estimate of drug-likeness (QED) is 0.599. The Bertz CT molecular complexity index is 949. The molecule has 0 spiro atoms. The summed E-state index contributed by atoms with van der Waals surface area (Å²) in [5.41, 5.74) is 3.03. The van der Waals surface area contributed by atoms with Crippen LogP contribution in [-0.2, 0) is 14.3 Å². The Hall–Kier alpha value is -3.23. The summed E-state index contributed by atoms with van der Waals surface area (Å²) in [5, 5.41) is 5.78. The number of rotatable bonds is 8. The third-order valence-electron chi connectivity index (χ3n) is 5.28. The fraction of sp³-hybridized carbons (Fsp3) is 0.400. The van der Waals surface area contributed by atoms with Crippen LogP contribution in [0.1, 0.15) is 29.8 Å². The van der Waals surface area contributed by atoms with Gasteiger partial charge < -0.3 is 15.4 Å². The van der Waals surface area contributed by atoms with E-state index in [0.717, 1.165) is 24.3 Å². The molecule has 33 heavy (non-hydrogen) atoms. The minimum atomic E-state index is -0.381. The number of hydrogen-bond donors (Lipinski definition) is 2. The molecule has 2 aromatic carbocycles. The standard InChI is InChI=1S/C25H32N4O4/c1-18(2)33-25(32)20-6-10-22(11-7-20)27-24(31)17-29-14-12-28(13-15-29)16-23(30)26-21-8-4-19(3)5-9-21/h4-11,18H,12-17H2,1-3H3,(H,26,30)(H,27,31). The third-order valence-corrected chi connectivity index (χ3v) is 5.28. The second-order valence-corrected chi connectivity index (χ2v) is 8.55. The minimum absolute atomic E-state index is 0.0363. The van der Waals surface area contributed by atoms with Gasteiger partial charge in [0.05, 0.1) is 24.8 Å². The van der Waals surface area contributed by atoms with Crippen LogP contribution >= 0.6 is 0 Å². The molecule has 2 N–H and O–H groups in total. The lowest BCUT2D eigenvalue weighted by atomic mass is 10.2. The van der Waals surface area contributed by atoms with Crippen LogP contribution in [0.5, 0.6) is 0 Å². The smallest absolute Gasteiger partial charge is 0.338 e.